The van der Waals surface area contributed by atoms with E-state index < -0.39 is 0 Å². The number of nitrogens with zero attached hydrogens (tertiary/aromatic N) is 2. The predicted molar refractivity (Wildman–Crippen MR) is 80.5 cm³/mol. The lowest BCUT2D eigenvalue weighted by Crippen LogP contribution is -2.11. The molecule has 1 atom stereocenters. The smallest absolute Gasteiger partial charge is 0.139 e. The summed E-state index contributed by atoms with van der Waals surface area (Å²) in [5.41, 5.74) is 1.56. The van der Waals surface area contributed by atoms with Crippen LogP contribution < -0.4 is 0 Å². The molecule has 3 nitrogen and oxygen atoms in total. The Labute approximate surface area is 130 Å². The van der Waals surface area contributed by atoms with Crippen molar-refractivity contribution in [2.24, 2.45) is 0 Å². The van der Waals surface area contributed by atoms with E-state index in [2.05, 4.69) is 20.9 Å². The van der Waals surface area contributed by atoms with E-state index in [1.54, 1.807) is 6.07 Å². The molecule has 2 aromatic rings. The summed E-state index contributed by atoms with van der Waals surface area (Å²) in [6.07, 6.45) is 3.44. The summed E-state index contributed by atoms with van der Waals surface area (Å²) in [5, 5.41) is 0. The highest BCUT2D eigenvalue weighted by Gasteiger charge is 2.18. The van der Waals surface area contributed by atoms with Crippen molar-refractivity contribution in [1.29, 1.82) is 0 Å². The zero-order valence-corrected chi connectivity index (χ0v) is 13.3. The summed E-state index contributed by atoms with van der Waals surface area (Å²) >= 11 is 9.15. The minimum absolute atomic E-state index is 0.281. The van der Waals surface area contributed by atoms with Gasteiger partial charge in [0.2, 0.25) is 0 Å². The van der Waals surface area contributed by atoms with Crippen LogP contribution in [0, 0.1) is 5.82 Å². The Bertz CT molecular complexity index is 625. The van der Waals surface area contributed by atoms with E-state index in [9.17, 15) is 4.39 Å². The van der Waals surface area contributed by atoms with Gasteiger partial charge in [-0.3, -0.25) is 0 Å². The van der Waals surface area contributed by atoms with Crippen molar-refractivity contribution in [2.75, 3.05) is 6.61 Å². The maximum Gasteiger partial charge on any atom is 0.139 e. The molecule has 6 heteroatoms. The van der Waals surface area contributed by atoms with Crippen LogP contribution in [0.5, 0.6) is 0 Å². The van der Waals surface area contributed by atoms with E-state index in [-0.39, 0.29) is 5.82 Å². The third kappa shape index (κ3) is 2.71. The fourth-order valence-electron chi connectivity index (χ4n) is 2.67. The van der Waals surface area contributed by atoms with Gasteiger partial charge in [0.15, 0.2) is 0 Å². The van der Waals surface area contributed by atoms with Crippen LogP contribution in [0.1, 0.15) is 25.1 Å². The number of hydrogen-bond acceptors (Lipinski definition) is 2. The molecule has 108 valence electrons. The van der Waals surface area contributed by atoms with Gasteiger partial charge in [-0.1, -0.05) is 0 Å². The molecule has 0 aliphatic carbocycles. The number of halogens is 3. The molecule has 0 amide bonds. The molecule has 1 aliphatic heterocycles. The van der Waals surface area contributed by atoms with Gasteiger partial charge < -0.3 is 9.30 Å². The number of alkyl halides is 1. The molecule has 0 N–H and O–H groups in total. The third-order valence-electron chi connectivity index (χ3n) is 3.69. The van der Waals surface area contributed by atoms with Crippen molar-refractivity contribution in [3.8, 4) is 0 Å². The fourth-order valence-corrected chi connectivity index (χ4v) is 3.20. The summed E-state index contributed by atoms with van der Waals surface area (Å²) in [6.45, 7) is 1.60. The second-order valence-corrected chi connectivity index (χ2v) is 6.11. The number of rotatable bonds is 4. The van der Waals surface area contributed by atoms with E-state index in [1.807, 2.05) is 4.57 Å². The molecule has 3 rings (SSSR count). The molecule has 1 aliphatic rings. The summed E-state index contributed by atoms with van der Waals surface area (Å²) < 4.78 is 21.8. The van der Waals surface area contributed by atoms with E-state index in [0.29, 0.717) is 16.5 Å². The number of fused-ring (bicyclic) bond motifs is 1. The van der Waals surface area contributed by atoms with Crippen molar-refractivity contribution in [1.82, 2.24) is 9.55 Å². The highest BCUT2D eigenvalue weighted by atomic mass is 79.9. The quantitative estimate of drug-likeness (QED) is 0.761. The lowest BCUT2D eigenvalue weighted by Gasteiger charge is -2.12. The van der Waals surface area contributed by atoms with Crippen LogP contribution in [0.25, 0.3) is 11.0 Å². The molecular formula is C14H15BrClFN2O. The van der Waals surface area contributed by atoms with Crippen LogP contribution >= 0.6 is 27.5 Å². The van der Waals surface area contributed by atoms with Gasteiger partial charge in [-0.25, -0.2) is 9.37 Å². The highest BCUT2D eigenvalue weighted by Crippen LogP contribution is 2.26. The molecule has 1 unspecified atom stereocenters. The topological polar surface area (TPSA) is 27.1 Å². The summed E-state index contributed by atoms with van der Waals surface area (Å²) in [5.74, 6) is 0.813. The van der Waals surface area contributed by atoms with Gasteiger partial charge in [0, 0.05) is 19.2 Å². The summed E-state index contributed by atoms with van der Waals surface area (Å²) in [7, 11) is 0. The van der Waals surface area contributed by atoms with Crippen LogP contribution in [0.2, 0.25) is 0 Å². The zero-order valence-electron chi connectivity index (χ0n) is 10.9. The Morgan fingerprint density at radius 1 is 1.50 bits per heavy atom. The summed E-state index contributed by atoms with van der Waals surface area (Å²) in [6, 6.07) is 3.21. The van der Waals surface area contributed by atoms with Gasteiger partial charge in [-0.05, 0) is 41.3 Å². The minimum atomic E-state index is -0.281. The maximum atomic E-state index is 13.7. The van der Waals surface area contributed by atoms with E-state index in [1.165, 1.54) is 6.07 Å². The number of benzene rings is 1. The lowest BCUT2D eigenvalue weighted by atomic mass is 10.2. The minimum Gasteiger partial charge on any atom is -0.378 e. The Kier molecular flexibility index (Phi) is 4.29. The van der Waals surface area contributed by atoms with Gasteiger partial charge in [0.1, 0.15) is 11.6 Å². The third-order valence-corrected chi connectivity index (χ3v) is 4.53. The van der Waals surface area contributed by atoms with Gasteiger partial charge in [-0.15, -0.1) is 11.6 Å². The van der Waals surface area contributed by atoms with Crippen molar-refractivity contribution < 1.29 is 9.13 Å². The first-order chi connectivity index (χ1) is 9.69. The average Bonchev–Trinajstić information content (AvgIpc) is 3.05. The number of hydrogen-bond donors (Lipinski definition) is 0. The van der Waals surface area contributed by atoms with Crippen LogP contribution in [-0.2, 0) is 17.2 Å². The van der Waals surface area contributed by atoms with E-state index in [0.717, 1.165) is 49.3 Å². The highest BCUT2D eigenvalue weighted by molar-refractivity contribution is 9.10. The first kappa shape index (κ1) is 14.3. The van der Waals surface area contributed by atoms with E-state index in [4.69, 9.17) is 16.3 Å². The van der Waals surface area contributed by atoms with Crippen molar-refractivity contribution in [3.63, 3.8) is 0 Å². The summed E-state index contributed by atoms with van der Waals surface area (Å²) in [4.78, 5) is 4.47. The second-order valence-electron chi connectivity index (χ2n) is 4.99. The molecule has 0 saturated carbocycles. The Morgan fingerprint density at radius 3 is 3.05 bits per heavy atom. The molecule has 1 fully saturated rings. The Balaban J connectivity index is 1.92. The van der Waals surface area contributed by atoms with Gasteiger partial charge in [0.25, 0.3) is 0 Å². The van der Waals surface area contributed by atoms with Gasteiger partial charge in [0.05, 0.1) is 27.5 Å². The van der Waals surface area contributed by atoms with E-state index >= 15 is 0 Å². The normalized spacial score (nSPS) is 19.1. The number of imidazole rings is 1. The monoisotopic (exact) mass is 360 g/mol. The Hall–Kier alpha value is -0.650. The molecule has 1 saturated heterocycles. The second kappa shape index (κ2) is 6.00. The molecule has 0 bridgehead atoms. The van der Waals surface area contributed by atoms with Gasteiger partial charge >= 0.3 is 0 Å². The van der Waals surface area contributed by atoms with Crippen LogP contribution in [0.4, 0.5) is 4.39 Å². The molecule has 1 aromatic carbocycles. The number of aromatic nitrogens is 2. The average molecular weight is 362 g/mol. The SMILES string of the molecule is Fc1cc2c(cc1Br)nc(CCl)n2CCC1CCCO1. The molecule has 0 spiro atoms. The fraction of sp³-hybridized carbons (Fsp3) is 0.500. The maximum absolute atomic E-state index is 13.7. The largest absolute Gasteiger partial charge is 0.378 e. The number of aryl methyl sites for hydroxylation is 1. The number of ether oxygens (including phenoxy) is 1. The zero-order chi connectivity index (χ0) is 14.1. The molecule has 1 aromatic heterocycles. The molecule has 0 radical (unpaired) electrons. The first-order valence-corrected chi connectivity index (χ1v) is 8.03. The predicted octanol–water partition coefficient (Wildman–Crippen LogP) is 4.25. The lowest BCUT2D eigenvalue weighted by molar-refractivity contribution is 0.100. The first-order valence-electron chi connectivity index (χ1n) is 6.71. The van der Waals surface area contributed by atoms with Gasteiger partial charge in [-0.2, -0.15) is 0 Å². The van der Waals surface area contributed by atoms with Crippen LogP contribution in [-0.4, -0.2) is 22.3 Å². The molecule has 20 heavy (non-hydrogen) atoms. The molecule has 2 heterocycles. The van der Waals surface area contributed by atoms with Crippen molar-refractivity contribution >= 4 is 38.6 Å². The molecular weight excluding hydrogens is 347 g/mol. The Morgan fingerprint density at radius 2 is 2.35 bits per heavy atom. The van der Waals surface area contributed by atoms with Crippen molar-refractivity contribution in [2.45, 2.75) is 37.8 Å². The van der Waals surface area contributed by atoms with Crippen LogP contribution in [0.3, 0.4) is 0 Å². The van der Waals surface area contributed by atoms with Crippen molar-refractivity contribution in [3.05, 3.63) is 28.2 Å². The van der Waals surface area contributed by atoms with Crippen LogP contribution in [0.15, 0.2) is 16.6 Å². The standard InChI is InChI=1S/C14H15BrClFN2O/c15-10-6-12-13(7-11(10)17)19(14(8-16)18-12)4-3-9-2-1-5-20-9/h6-7,9H,1-5,8H2.